The van der Waals surface area contributed by atoms with Gasteiger partial charge < -0.3 is 5.32 Å². The zero-order chi connectivity index (χ0) is 12.3. The number of hydrogen-bond donors (Lipinski definition) is 1. The van der Waals surface area contributed by atoms with Crippen LogP contribution in [-0.2, 0) is 6.54 Å². The van der Waals surface area contributed by atoms with E-state index in [9.17, 15) is 0 Å². The number of rotatable bonds is 7. The van der Waals surface area contributed by atoms with Crippen molar-refractivity contribution in [2.24, 2.45) is 0 Å². The van der Waals surface area contributed by atoms with Gasteiger partial charge >= 0.3 is 0 Å². The van der Waals surface area contributed by atoms with E-state index in [0.29, 0.717) is 5.92 Å². The predicted molar refractivity (Wildman–Crippen MR) is 71.6 cm³/mol. The molecule has 0 spiro atoms. The summed E-state index contributed by atoms with van der Waals surface area (Å²) in [6.07, 6.45) is 6.70. The van der Waals surface area contributed by atoms with Crippen molar-refractivity contribution < 1.29 is 0 Å². The quantitative estimate of drug-likeness (QED) is 0.811. The van der Waals surface area contributed by atoms with E-state index in [4.69, 9.17) is 11.6 Å². The first-order chi connectivity index (χ1) is 8.22. The fourth-order valence-electron chi connectivity index (χ4n) is 2.18. The predicted octanol–water partition coefficient (Wildman–Crippen LogP) is 3.19. The van der Waals surface area contributed by atoms with Crippen LogP contribution in [0.25, 0.3) is 0 Å². The monoisotopic (exact) mass is 255 g/mol. The molecule has 1 atom stereocenters. The van der Waals surface area contributed by atoms with Crippen LogP contribution in [0.5, 0.6) is 0 Å². The molecular weight excluding hydrogens is 234 g/mol. The first-order valence-corrected chi connectivity index (χ1v) is 7.04. The van der Waals surface area contributed by atoms with E-state index in [1.807, 2.05) is 0 Å². The van der Waals surface area contributed by atoms with Crippen LogP contribution in [0.4, 0.5) is 0 Å². The molecule has 1 aromatic heterocycles. The van der Waals surface area contributed by atoms with E-state index in [-0.39, 0.29) is 0 Å². The van der Waals surface area contributed by atoms with Crippen molar-refractivity contribution in [2.45, 2.75) is 58.0 Å². The Hall–Kier alpha value is -0.540. The third kappa shape index (κ3) is 3.46. The van der Waals surface area contributed by atoms with Gasteiger partial charge in [-0.25, -0.2) is 0 Å². The second-order valence-corrected chi connectivity index (χ2v) is 5.43. The lowest BCUT2D eigenvalue weighted by atomic mass is 10.0. The summed E-state index contributed by atoms with van der Waals surface area (Å²) in [6.45, 7) is 6.45. The van der Waals surface area contributed by atoms with Gasteiger partial charge in [-0.05, 0) is 32.2 Å². The summed E-state index contributed by atoms with van der Waals surface area (Å²) < 4.78 is 2.06. The molecule has 1 aliphatic rings. The van der Waals surface area contributed by atoms with Crippen LogP contribution in [0.2, 0.25) is 5.02 Å². The molecule has 2 rings (SSSR count). The van der Waals surface area contributed by atoms with E-state index in [1.54, 1.807) is 6.20 Å². The molecule has 0 aromatic carbocycles. The molecule has 1 saturated carbocycles. The molecule has 0 radical (unpaired) electrons. The van der Waals surface area contributed by atoms with Crippen molar-refractivity contribution in [1.29, 1.82) is 0 Å². The fraction of sp³-hybridized carbons (Fsp3) is 0.769. The van der Waals surface area contributed by atoms with Gasteiger partial charge in [-0.2, -0.15) is 5.10 Å². The highest BCUT2D eigenvalue weighted by atomic mass is 35.5. The van der Waals surface area contributed by atoms with Gasteiger partial charge in [0.05, 0.1) is 16.9 Å². The van der Waals surface area contributed by atoms with Gasteiger partial charge in [-0.15, -0.1) is 0 Å². The van der Waals surface area contributed by atoms with Crippen molar-refractivity contribution in [3.63, 3.8) is 0 Å². The minimum Gasteiger partial charge on any atom is -0.314 e. The molecular formula is C13H22ClN3. The average Bonchev–Trinajstić information content (AvgIpc) is 3.04. The number of nitrogens with zero attached hydrogens (tertiary/aromatic N) is 2. The molecule has 1 aliphatic carbocycles. The second kappa shape index (κ2) is 5.87. The van der Waals surface area contributed by atoms with Crippen LogP contribution < -0.4 is 5.32 Å². The zero-order valence-corrected chi connectivity index (χ0v) is 11.5. The van der Waals surface area contributed by atoms with Crippen molar-refractivity contribution >= 4 is 11.6 Å². The third-order valence-corrected chi connectivity index (χ3v) is 3.61. The SMILES string of the molecule is CCCn1ncc(Cl)c1C(C)CCNC1CC1. The van der Waals surface area contributed by atoms with E-state index in [0.717, 1.165) is 37.0 Å². The topological polar surface area (TPSA) is 29.9 Å². The van der Waals surface area contributed by atoms with E-state index in [2.05, 4.69) is 28.9 Å². The van der Waals surface area contributed by atoms with Crippen LogP contribution in [0.3, 0.4) is 0 Å². The summed E-state index contributed by atoms with van der Waals surface area (Å²) in [4.78, 5) is 0. The normalized spacial score (nSPS) is 17.4. The molecule has 1 fully saturated rings. The molecule has 0 aliphatic heterocycles. The van der Waals surface area contributed by atoms with Gasteiger partial charge in [-0.1, -0.05) is 25.4 Å². The Balaban J connectivity index is 1.90. The molecule has 1 unspecified atom stereocenters. The third-order valence-electron chi connectivity index (χ3n) is 3.32. The smallest absolute Gasteiger partial charge is 0.0820 e. The highest BCUT2D eigenvalue weighted by Crippen LogP contribution is 2.27. The fourth-order valence-corrected chi connectivity index (χ4v) is 2.51. The van der Waals surface area contributed by atoms with E-state index < -0.39 is 0 Å². The molecule has 1 aromatic rings. The second-order valence-electron chi connectivity index (χ2n) is 5.02. The highest BCUT2D eigenvalue weighted by Gasteiger charge is 2.21. The molecule has 1 N–H and O–H groups in total. The Morgan fingerprint density at radius 2 is 2.35 bits per heavy atom. The van der Waals surface area contributed by atoms with Crippen molar-refractivity contribution in [2.75, 3.05) is 6.54 Å². The summed E-state index contributed by atoms with van der Waals surface area (Å²) in [7, 11) is 0. The first-order valence-electron chi connectivity index (χ1n) is 6.67. The molecule has 0 saturated heterocycles. The summed E-state index contributed by atoms with van der Waals surface area (Å²) in [5.74, 6) is 0.475. The first kappa shape index (κ1) is 12.9. The number of aromatic nitrogens is 2. The largest absolute Gasteiger partial charge is 0.314 e. The van der Waals surface area contributed by atoms with Crippen molar-refractivity contribution in [3.05, 3.63) is 16.9 Å². The molecule has 0 amide bonds. The van der Waals surface area contributed by atoms with Gasteiger partial charge in [0.1, 0.15) is 0 Å². The number of hydrogen-bond acceptors (Lipinski definition) is 2. The minimum atomic E-state index is 0.475. The van der Waals surface area contributed by atoms with E-state index >= 15 is 0 Å². The van der Waals surface area contributed by atoms with Crippen molar-refractivity contribution in [1.82, 2.24) is 15.1 Å². The van der Waals surface area contributed by atoms with Crippen LogP contribution in [0, 0.1) is 0 Å². The Morgan fingerprint density at radius 3 is 3.00 bits per heavy atom. The standard InChI is InChI=1S/C13H22ClN3/c1-3-8-17-13(12(14)9-16-17)10(2)6-7-15-11-4-5-11/h9-11,15H,3-8H2,1-2H3. The Labute approximate surface area is 109 Å². The van der Waals surface area contributed by atoms with Crippen LogP contribution >= 0.6 is 11.6 Å². The maximum absolute atomic E-state index is 6.23. The lowest BCUT2D eigenvalue weighted by Crippen LogP contribution is -2.20. The molecule has 3 nitrogen and oxygen atoms in total. The van der Waals surface area contributed by atoms with Gasteiger partial charge in [0, 0.05) is 18.5 Å². The van der Waals surface area contributed by atoms with Gasteiger partial charge in [-0.3, -0.25) is 4.68 Å². The molecule has 4 heteroatoms. The lowest BCUT2D eigenvalue weighted by molar-refractivity contribution is 0.518. The molecule has 96 valence electrons. The zero-order valence-electron chi connectivity index (χ0n) is 10.7. The van der Waals surface area contributed by atoms with E-state index in [1.165, 1.54) is 18.5 Å². The molecule has 0 bridgehead atoms. The van der Waals surface area contributed by atoms with Crippen LogP contribution in [-0.4, -0.2) is 22.4 Å². The number of nitrogens with one attached hydrogen (secondary N) is 1. The van der Waals surface area contributed by atoms with Crippen LogP contribution in [0.15, 0.2) is 6.20 Å². The van der Waals surface area contributed by atoms with Gasteiger partial charge in [0.15, 0.2) is 0 Å². The Kier molecular flexibility index (Phi) is 4.46. The molecule has 17 heavy (non-hydrogen) atoms. The Bertz CT molecular complexity index is 358. The number of halogens is 1. The van der Waals surface area contributed by atoms with Crippen LogP contribution in [0.1, 0.15) is 51.1 Å². The van der Waals surface area contributed by atoms with Gasteiger partial charge in [0.2, 0.25) is 0 Å². The number of aryl methyl sites for hydroxylation is 1. The minimum absolute atomic E-state index is 0.475. The summed E-state index contributed by atoms with van der Waals surface area (Å²) >= 11 is 6.23. The highest BCUT2D eigenvalue weighted by molar-refractivity contribution is 6.31. The maximum Gasteiger partial charge on any atom is 0.0820 e. The maximum atomic E-state index is 6.23. The summed E-state index contributed by atoms with van der Waals surface area (Å²) in [5.41, 5.74) is 1.20. The summed E-state index contributed by atoms with van der Waals surface area (Å²) in [5, 5.41) is 8.71. The van der Waals surface area contributed by atoms with Crippen molar-refractivity contribution in [3.8, 4) is 0 Å². The summed E-state index contributed by atoms with van der Waals surface area (Å²) in [6, 6.07) is 0.790. The Morgan fingerprint density at radius 1 is 1.59 bits per heavy atom. The average molecular weight is 256 g/mol. The lowest BCUT2D eigenvalue weighted by Gasteiger charge is -2.15. The van der Waals surface area contributed by atoms with Gasteiger partial charge in [0.25, 0.3) is 0 Å². The molecule has 1 heterocycles.